The van der Waals surface area contributed by atoms with Crippen LogP contribution < -0.4 is 5.56 Å². The third-order valence-corrected chi connectivity index (χ3v) is 4.16. The highest BCUT2D eigenvalue weighted by atomic mass is 32.2. The maximum absolute atomic E-state index is 12.7. The van der Waals surface area contributed by atoms with Crippen molar-refractivity contribution in [1.82, 2.24) is 9.55 Å². The number of fused-ring (bicyclic) bond motifs is 1. The topological polar surface area (TPSA) is 53.3 Å². The van der Waals surface area contributed by atoms with E-state index in [1.165, 1.54) is 0 Å². The minimum absolute atomic E-state index is 0.0145. The zero-order valence-electron chi connectivity index (χ0n) is 13.1. The summed E-state index contributed by atoms with van der Waals surface area (Å²) in [5, 5.41) is 1.41. The summed E-state index contributed by atoms with van der Waals surface area (Å²) in [4.78, 5) is 17.3. The number of hydrogen-bond donors (Lipinski definition) is 0. The fraction of sp³-hybridized carbons (Fsp3) is 0.500. The van der Waals surface area contributed by atoms with Crippen LogP contribution >= 0.6 is 11.8 Å². The average Bonchev–Trinajstić information content (AvgIpc) is 2.54. The molecule has 2 aromatic rings. The molecule has 0 amide bonds. The lowest BCUT2D eigenvalue weighted by atomic mass is 10.2. The summed E-state index contributed by atoms with van der Waals surface area (Å²) < 4.78 is 12.2. The largest absolute Gasteiger partial charge is 0.385 e. The standard InChI is InChI=1S/C16H22N2O3S/c1-3-21-11-12-22-16-17-14-8-5-4-7-13(14)15(19)18(16)9-6-10-20-2/h4-5,7-8H,3,6,9-12H2,1-2H3. The van der Waals surface area contributed by atoms with Crippen LogP contribution in [0.1, 0.15) is 13.3 Å². The van der Waals surface area contributed by atoms with Gasteiger partial charge in [0.15, 0.2) is 5.16 Å². The van der Waals surface area contributed by atoms with Crippen molar-refractivity contribution in [3.63, 3.8) is 0 Å². The summed E-state index contributed by atoms with van der Waals surface area (Å²) in [6, 6.07) is 7.47. The predicted octanol–water partition coefficient (Wildman–Crippen LogP) is 2.56. The first-order valence-electron chi connectivity index (χ1n) is 7.47. The van der Waals surface area contributed by atoms with Crippen LogP contribution in [0.3, 0.4) is 0 Å². The van der Waals surface area contributed by atoms with Gasteiger partial charge in [0, 0.05) is 32.6 Å². The highest BCUT2D eigenvalue weighted by Gasteiger charge is 2.11. The van der Waals surface area contributed by atoms with Gasteiger partial charge in [-0.1, -0.05) is 23.9 Å². The molecule has 2 rings (SSSR count). The van der Waals surface area contributed by atoms with Crippen LogP contribution in [0.15, 0.2) is 34.2 Å². The van der Waals surface area contributed by atoms with Crippen molar-refractivity contribution in [3.8, 4) is 0 Å². The van der Waals surface area contributed by atoms with E-state index in [-0.39, 0.29) is 5.56 Å². The first-order valence-corrected chi connectivity index (χ1v) is 8.45. The molecule has 6 heteroatoms. The lowest BCUT2D eigenvalue weighted by Crippen LogP contribution is -2.24. The smallest absolute Gasteiger partial charge is 0.262 e. The Kier molecular flexibility index (Phi) is 6.89. The monoisotopic (exact) mass is 322 g/mol. The van der Waals surface area contributed by atoms with E-state index < -0.39 is 0 Å². The summed E-state index contributed by atoms with van der Waals surface area (Å²) in [6.07, 6.45) is 0.787. The van der Waals surface area contributed by atoms with Crippen LogP contribution in [0.2, 0.25) is 0 Å². The number of thioether (sulfide) groups is 1. The quantitative estimate of drug-likeness (QED) is 0.403. The highest BCUT2D eigenvalue weighted by Crippen LogP contribution is 2.18. The van der Waals surface area contributed by atoms with Crippen molar-refractivity contribution >= 4 is 22.7 Å². The molecule has 0 N–H and O–H groups in total. The van der Waals surface area contributed by atoms with Gasteiger partial charge in [-0.05, 0) is 25.5 Å². The Morgan fingerprint density at radius 1 is 1.27 bits per heavy atom. The highest BCUT2D eigenvalue weighted by molar-refractivity contribution is 7.99. The number of para-hydroxylation sites is 1. The maximum Gasteiger partial charge on any atom is 0.262 e. The van der Waals surface area contributed by atoms with Crippen LogP contribution in [0.4, 0.5) is 0 Å². The van der Waals surface area contributed by atoms with Crippen molar-refractivity contribution < 1.29 is 9.47 Å². The maximum atomic E-state index is 12.7. The number of benzene rings is 1. The second-order valence-corrected chi connectivity index (χ2v) is 5.82. The Balaban J connectivity index is 2.28. The van der Waals surface area contributed by atoms with E-state index in [4.69, 9.17) is 9.47 Å². The van der Waals surface area contributed by atoms with Gasteiger partial charge in [-0.2, -0.15) is 0 Å². The summed E-state index contributed by atoms with van der Waals surface area (Å²) in [5.41, 5.74) is 0.759. The fourth-order valence-electron chi connectivity index (χ4n) is 2.16. The van der Waals surface area contributed by atoms with Crippen molar-refractivity contribution in [2.45, 2.75) is 25.0 Å². The Bertz CT molecular complexity index is 657. The van der Waals surface area contributed by atoms with Gasteiger partial charge in [-0.25, -0.2) is 4.98 Å². The first kappa shape index (κ1) is 17.0. The molecular formula is C16H22N2O3S. The van der Waals surface area contributed by atoms with Crippen LogP contribution in [-0.2, 0) is 16.0 Å². The molecule has 1 aromatic carbocycles. The summed E-state index contributed by atoms with van der Waals surface area (Å²) in [5.74, 6) is 0.781. The molecule has 0 aliphatic rings. The average molecular weight is 322 g/mol. The zero-order chi connectivity index (χ0) is 15.8. The van der Waals surface area contributed by atoms with E-state index in [1.54, 1.807) is 23.4 Å². The number of hydrogen-bond acceptors (Lipinski definition) is 5. The van der Waals surface area contributed by atoms with Crippen molar-refractivity contribution in [2.75, 3.05) is 32.7 Å². The molecule has 0 unspecified atom stereocenters. The number of ether oxygens (including phenoxy) is 2. The molecule has 0 saturated carbocycles. The number of nitrogens with zero attached hydrogens (tertiary/aromatic N) is 2. The summed E-state index contributed by atoms with van der Waals surface area (Å²) in [6.45, 7) is 4.57. The molecule has 0 aliphatic heterocycles. The Hall–Kier alpha value is -1.37. The Labute approximate surface area is 134 Å². The van der Waals surface area contributed by atoms with Gasteiger partial charge in [0.1, 0.15) is 0 Å². The van der Waals surface area contributed by atoms with E-state index >= 15 is 0 Å². The number of rotatable bonds is 9. The molecule has 1 aromatic heterocycles. The molecule has 1 heterocycles. The SMILES string of the molecule is CCOCCSc1nc2ccccc2c(=O)n1CCCOC. The van der Waals surface area contributed by atoms with Crippen molar-refractivity contribution in [1.29, 1.82) is 0 Å². The molecule has 0 aliphatic carbocycles. The molecule has 0 fully saturated rings. The van der Waals surface area contributed by atoms with Crippen LogP contribution in [0.25, 0.3) is 10.9 Å². The van der Waals surface area contributed by atoms with E-state index in [0.717, 1.165) is 22.8 Å². The third kappa shape index (κ3) is 4.32. The molecule has 0 bridgehead atoms. The number of methoxy groups -OCH3 is 1. The van der Waals surface area contributed by atoms with Crippen molar-refractivity contribution in [3.05, 3.63) is 34.6 Å². The van der Waals surface area contributed by atoms with E-state index in [2.05, 4.69) is 4.98 Å². The van der Waals surface area contributed by atoms with E-state index in [0.29, 0.717) is 31.8 Å². The second kappa shape index (κ2) is 8.92. The van der Waals surface area contributed by atoms with E-state index in [9.17, 15) is 4.79 Å². The van der Waals surface area contributed by atoms with Crippen LogP contribution in [0, 0.1) is 0 Å². The van der Waals surface area contributed by atoms with Gasteiger partial charge >= 0.3 is 0 Å². The Morgan fingerprint density at radius 2 is 2.09 bits per heavy atom. The minimum Gasteiger partial charge on any atom is -0.385 e. The molecule has 0 radical (unpaired) electrons. The molecule has 5 nitrogen and oxygen atoms in total. The second-order valence-electron chi connectivity index (χ2n) is 4.76. The molecule has 22 heavy (non-hydrogen) atoms. The molecular weight excluding hydrogens is 300 g/mol. The normalized spacial score (nSPS) is 11.2. The van der Waals surface area contributed by atoms with Gasteiger partial charge in [-0.3, -0.25) is 9.36 Å². The summed E-state index contributed by atoms with van der Waals surface area (Å²) >= 11 is 1.56. The lowest BCUT2D eigenvalue weighted by molar-refractivity contribution is 0.164. The van der Waals surface area contributed by atoms with Crippen molar-refractivity contribution in [2.24, 2.45) is 0 Å². The first-order chi connectivity index (χ1) is 10.8. The lowest BCUT2D eigenvalue weighted by Gasteiger charge is -2.13. The third-order valence-electron chi connectivity index (χ3n) is 3.22. The molecule has 0 atom stereocenters. The molecule has 0 spiro atoms. The molecule has 120 valence electrons. The van der Waals surface area contributed by atoms with Gasteiger partial charge in [0.2, 0.25) is 0 Å². The van der Waals surface area contributed by atoms with Crippen LogP contribution in [0.5, 0.6) is 0 Å². The predicted molar refractivity (Wildman–Crippen MR) is 89.7 cm³/mol. The molecule has 0 saturated heterocycles. The van der Waals surface area contributed by atoms with Gasteiger partial charge in [0.05, 0.1) is 17.5 Å². The van der Waals surface area contributed by atoms with E-state index in [1.807, 2.05) is 31.2 Å². The fourth-order valence-corrected chi connectivity index (χ4v) is 3.03. The number of aromatic nitrogens is 2. The van der Waals surface area contributed by atoms with Gasteiger partial charge in [-0.15, -0.1) is 0 Å². The van der Waals surface area contributed by atoms with Gasteiger partial charge in [0.25, 0.3) is 5.56 Å². The minimum atomic E-state index is 0.0145. The Morgan fingerprint density at radius 3 is 2.86 bits per heavy atom. The zero-order valence-corrected chi connectivity index (χ0v) is 13.9. The van der Waals surface area contributed by atoms with Gasteiger partial charge < -0.3 is 9.47 Å². The van der Waals surface area contributed by atoms with Crippen LogP contribution in [-0.4, -0.2) is 42.2 Å². The summed E-state index contributed by atoms with van der Waals surface area (Å²) in [7, 11) is 1.67.